The number of carbonyl (C=O) groups is 1. The van der Waals surface area contributed by atoms with Gasteiger partial charge in [-0.15, -0.1) is 0 Å². The summed E-state index contributed by atoms with van der Waals surface area (Å²) in [6, 6.07) is 4.05. The molecule has 0 unspecified atom stereocenters. The summed E-state index contributed by atoms with van der Waals surface area (Å²) in [6.07, 6.45) is 0.361. The molecule has 0 atom stereocenters. The summed E-state index contributed by atoms with van der Waals surface area (Å²) in [7, 11) is 1.77. The Morgan fingerprint density at radius 3 is 2.88 bits per heavy atom. The minimum atomic E-state index is -0.387. The van der Waals surface area contributed by atoms with Gasteiger partial charge in [0.2, 0.25) is 5.91 Å². The summed E-state index contributed by atoms with van der Waals surface area (Å²) < 4.78 is 18.3. The molecule has 5 heteroatoms. The topological polar surface area (TPSA) is 50.4 Å². The Bertz CT molecular complexity index is 383. The summed E-state index contributed by atoms with van der Waals surface area (Å²) in [4.78, 5) is 11.5. The van der Waals surface area contributed by atoms with E-state index in [0.29, 0.717) is 31.0 Å². The lowest BCUT2D eigenvalue weighted by Gasteiger charge is -2.11. The number of rotatable bonds is 6. The van der Waals surface area contributed by atoms with Crippen molar-refractivity contribution in [3.05, 3.63) is 24.0 Å². The molecule has 0 heterocycles. The molecular formula is C12H17FN2O2. The predicted octanol–water partition coefficient (Wildman–Crippen LogP) is 1.77. The van der Waals surface area contributed by atoms with Gasteiger partial charge in [0.05, 0.1) is 12.3 Å². The van der Waals surface area contributed by atoms with Gasteiger partial charge in [-0.25, -0.2) is 4.39 Å². The second-order valence-electron chi connectivity index (χ2n) is 3.48. The average molecular weight is 240 g/mol. The maximum Gasteiger partial charge on any atom is 0.225 e. The number of hydrogen-bond acceptors (Lipinski definition) is 3. The van der Waals surface area contributed by atoms with E-state index in [2.05, 4.69) is 10.6 Å². The third-order valence-corrected chi connectivity index (χ3v) is 2.12. The SMILES string of the molecule is CCOc1cc(F)ccc1NC(=O)CCNC. The van der Waals surface area contributed by atoms with Gasteiger partial charge in [0, 0.05) is 19.0 Å². The predicted molar refractivity (Wildman–Crippen MR) is 64.7 cm³/mol. The summed E-state index contributed by atoms with van der Waals surface area (Å²) in [5, 5.41) is 5.57. The first-order valence-electron chi connectivity index (χ1n) is 5.54. The summed E-state index contributed by atoms with van der Waals surface area (Å²) >= 11 is 0. The van der Waals surface area contributed by atoms with Crippen molar-refractivity contribution < 1.29 is 13.9 Å². The molecule has 1 aromatic carbocycles. The zero-order valence-corrected chi connectivity index (χ0v) is 10.0. The zero-order chi connectivity index (χ0) is 12.7. The number of ether oxygens (including phenoxy) is 1. The highest BCUT2D eigenvalue weighted by Crippen LogP contribution is 2.25. The van der Waals surface area contributed by atoms with Gasteiger partial charge in [0.15, 0.2) is 0 Å². The van der Waals surface area contributed by atoms with Crippen LogP contribution in [0.2, 0.25) is 0 Å². The third kappa shape index (κ3) is 4.40. The number of amides is 1. The van der Waals surface area contributed by atoms with Crippen molar-refractivity contribution in [1.82, 2.24) is 5.32 Å². The molecule has 0 saturated carbocycles. The number of anilines is 1. The highest BCUT2D eigenvalue weighted by atomic mass is 19.1. The van der Waals surface area contributed by atoms with E-state index >= 15 is 0 Å². The Morgan fingerprint density at radius 1 is 1.47 bits per heavy atom. The highest BCUT2D eigenvalue weighted by Gasteiger charge is 2.08. The second-order valence-corrected chi connectivity index (χ2v) is 3.48. The number of nitrogens with one attached hydrogen (secondary N) is 2. The molecule has 0 fully saturated rings. The van der Waals surface area contributed by atoms with Gasteiger partial charge in [-0.3, -0.25) is 4.79 Å². The molecule has 0 bridgehead atoms. The first-order chi connectivity index (χ1) is 8.17. The minimum Gasteiger partial charge on any atom is -0.492 e. The number of hydrogen-bond donors (Lipinski definition) is 2. The fraction of sp³-hybridized carbons (Fsp3) is 0.417. The fourth-order valence-corrected chi connectivity index (χ4v) is 1.33. The molecule has 4 nitrogen and oxygen atoms in total. The first kappa shape index (κ1) is 13.4. The van der Waals surface area contributed by atoms with Crippen molar-refractivity contribution in [3.8, 4) is 5.75 Å². The van der Waals surface area contributed by atoms with E-state index in [-0.39, 0.29) is 11.7 Å². The molecule has 94 valence electrons. The quantitative estimate of drug-likeness (QED) is 0.796. The van der Waals surface area contributed by atoms with E-state index in [1.54, 1.807) is 14.0 Å². The molecule has 2 N–H and O–H groups in total. The van der Waals surface area contributed by atoms with Gasteiger partial charge in [-0.1, -0.05) is 0 Å². The normalized spacial score (nSPS) is 10.1. The number of benzene rings is 1. The lowest BCUT2D eigenvalue weighted by atomic mass is 10.2. The smallest absolute Gasteiger partial charge is 0.225 e. The van der Waals surface area contributed by atoms with Gasteiger partial charge in [0.25, 0.3) is 0 Å². The summed E-state index contributed by atoms with van der Waals surface area (Å²) in [6.45, 7) is 2.82. The summed E-state index contributed by atoms with van der Waals surface area (Å²) in [5.41, 5.74) is 0.495. The number of halogens is 1. The molecule has 0 aliphatic rings. The van der Waals surface area contributed by atoms with Crippen LogP contribution in [0.5, 0.6) is 5.75 Å². The minimum absolute atomic E-state index is 0.132. The van der Waals surface area contributed by atoms with Crippen LogP contribution in [0, 0.1) is 5.82 Å². The van der Waals surface area contributed by atoms with Crippen LogP contribution in [0.3, 0.4) is 0 Å². The Labute approximate surface area is 100 Å². The molecule has 0 saturated heterocycles. The maximum absolute atomic E-state index is 13.0. The van der Waals surface area contributed by atoms with Crippen molar-refractivity contribution in [2.24, 2.45) is 0 Å². The van der Waals surface area contributed by atoms with Crippen LogP contribution in [0.4, 0.5) is 10.1 Å². The Balaban J connectivity index is 2.72. The van der Waals surface area contributed by atoms with Crippen LogP contribution in [-0.4, -0.2) is 26.1 Å². The van der Waals surface area contributed by atoms with Crippen LogP contribution in [0.25, 0.3) is 0 Å². The van der Waals surface area contributed by atoms with Gasteiger partial charge >= 0.3 is 0 Å². The van der Waals surface area contributed by atoms with E-state index in [0.717, 1.165) is 0 Å². The Morgan fingerprint density at radius 2 is 2.24 bits per heavy atom. The molecule has 17 heavy (non-hydrogen) atoms. The highest BCUT2D eigenvalue weighted by molar-refractivity contribution is 5.92. The van der Waals surface area contributed by atoms with E-state index in [4.69, 9.17) is 4.74 Å². The second kappa shape index (κ2) is 6.85. The fourth-order valence-electron chi connectivity index (χ4n) is 1.33. The van der Waals surface area contributed by atoms with E-state index in [9.17, 15) is 9.18 Å². The van der Waals surface area contributed by atoms with Crippen LogP contribution < -0.4 is 15.4 Å². The molecule has 0 spiro atoms. The van der Waals surface area contributed by atoms with Crippen molar-refractivity contribution in [2.45, 2.75) is 13.3 Å². The van der Waals surface area contributed by atoms with Gasteiger partial charge in [-0.05, 0) is 26.1 Å². The van der Waals surface area contributed by atoms with Crippen molar-refractivity contribution in [3.63, 3.8) is 0 Å². The molecule has 0 radical (unpaired) electrons. The van der Waals surface area contributed by atoms with Crippen molar-refractivity contribution >= 4 is 11.6 Å². The Kier molecular flexibility index (Phi) is 5.42. The third-order valence-electron chi connectivity index (χ3n) is 2.12. The molecule has 1 amide bonds. The van der Waals surface area contributed by atoms with E-state index in [1.807, 2.05) is 0 Å². The van der Waals surface area contributed by atoms with Crippen LogP contribution in [0.15, 0.2) is 18.2 Å². The number of carbonyl (C=O) groups excluding carboxylic acids is 1. The molecule has 0 aliphatic heterocycles. The van der Waals surface area contributed by atoms with Crippen LogP contribution in [0.1, 0.15) is 13.3 Å². The molecular weight excluding hydrogens is 223 g/mol. The lowest BCUT2D eigenvalue weighted by Crippen LogP contribution is -2.19. The molecule has 0 aromatic heterocycles. The van der Waals surface area contributed by atoms with Crippen LogP contribution >= 0.6 is 0 Å². The monoisotopic (exact) mass is 240 g/mol. The molecule has 1 rings (SSSR count). The largest absolute Gasteiger partial charge is 0.492 e. The molecule has 1 aromatic rings. The van der Waals surface area contributed by atoms with Gasteiger partial charge in [-0.2, -0.15) is 0 Å². The van der Waals surface area contributed by atoms with E-state index < -0.39 is 0 Å². The van der Waals surface area contributed by atoms with Crippen LogP contribution in [-0.2, 0) is 4.79 Å². The average Bonchev–Trinajstić information content (AvgIpc) is 2.30. The summed E-state index contributed by atoms with van der Waals surface area (Å²) in [5.74, 6) is -0.168. The van der Waals surface area contributed by atoms with Crippen molar-refractivity contribution in [1.29, 1.82) is 0 Å². The van der Waals surface area contributed by atoms with E-state index in [1.165, 1.54) is 18.2 Å². The van der Waals surface area contributed by atoms with Crippen molar-refractivity contribution in [2.75, 3.05) is 25.5 Å². The lowest BCUT2D eigenvalue weighted by molar-refractivity contribution is -0.116. The molecule has 0 aliphatic carbocycles. The van der Waals surface area contributed by atoms with Gasteiger partial charge < -0.3 is 15.4 Å². The maximum atomic E-state index is 13.0. The zero-order valence-electron chi connectivity index (χ0n) is 10.0. The van der Waals surface area contributed by atoms with Gasteiger partial charge in [0.1, 0.15) is 11.6 Å². The standard InChI is InChI=1S/C12H17FN2O2/c1-3-17-11-8-9(13)4-5-10(11)15-12(16)6-7-14-2/h4-5,8,14H,3,6-7H2,1-2H3,(H,15,16). The first-order valence-corrected chi connectivity index (χ1v) is 5.54. The Hall–Kier alpha value is -1.62.